The van der Waals surface area contributed by atoms with E-state index in [1.54, 1.807) is 0 Å². The predicted octanol–water partition coefficient (Wildman–Crippen LogP) is 2.94. The molecule has 1 atom stereocenters. The maximum Gasteiger partial charge on any atom is 0.134 e. The van der Waals surface area contributed by atoms with E-state index in [2.05, 4.69) is 6.92 Å². The Kier molecular flexibility index (Phi) is 5.03. The second-order valence-electron chi connectivity index (χ2n) is 2.25. The minimum Gasteiger partial charge on any atom is -0.244 e. The molecule has 49 valence electrons. The van der Waals surface area contributed by atoms with Crippen LogP contribution in [-0.2, 0) is 0 Å². The average molecular weight is 117 g/mol. The standard InChI is InChI=1S/C7H14F/c1-3-4-5-7(2)6-8/h6-7H,3-5H2,1-2H3. The second kappa shape index (κ2) is 5.07. The zero-order valence-corrected chi connectivity index (χ0v) is 5.65. The Morgan fingerprint density at radius 2 is 2.25 bits per heavy atom. The molecule has 1 unspecified atom stereocenters. The van der Waals surface area contributed by atoms with Gasteiger partial charge in [-0.05, 0) is 12.3 Å². The minimum atomic E-state index is 0.162. The fourth-order valence-electron chi connectivity index (χ4n) is 0.589. The quantitative estimate of drug-likeness (QED) is 0.531. The molecule has 1 heteroatoms. The summed E-state index contributed by atoms with van der Waals surface area (Å²) < 4.78 is 11.6. The molecule has 0 aromatic rings. The fourth-order valence-corrected chi connectivity index (χ4v) is 0.589. The van der Waals surface area contributed by atoms with Crippen molar-refractivity contribution in [3.63, 3.8) is 0 Å². The van der Waals surface area contributed by atoms with Gasteiger partial charge < -0.3 is 0 Å². The first-order chi connectivity index (χ1) is 3.81. The lowest BCUT2D eigenvalue weighted by Gasteiger charge is -2.01. The van der Waals surface area contributed by atoms with Gasteiger partial charge in [-0.1, -0.05) is 26.7 Å². The molecular weight excluding hydrogens is 103 g/mol. The SMILES string of the molecule is CCCCC(C)[CH]F. The molecule has 0 aliphatic heterocycles. The second-order valence-corrected chi connectivity index (χ2v) is 2.25. The van der Waals surface area contributed by atoms with E-state index in [-0.39, 0.29) is 5.92 Å². The van der Waals surface area contributed by atoms with Gasteiger partial charge in [-0.25, -0.2) is 4.39 Å². The Balaban J connectivity index is 2.86. The molecule has 8 heavy (non-hydrogen) atoms. The molecule has 0 bridgehead atoms. The molecule has 0 spiro atoms. The van der Waals surface area contributed by atoms with E-state index in [0.29, 0.717) is 0 Å². The molecular formula is C7H14F. The highest BCUT2D eigenvalue weighted by Gasteiger charge is 1.98. The van der Waals surface area contributed by atoms with Crippen LogP contribution in [0.25, 0.3) is 0 Å². The van der Waals surface area contributed by atoms with Crippen molar-refractivity contribution >= 4 is 0 Å². The van der Waals surface area contributed by atoms with Gasteiger partial charge >= 0.3 is 0 Å². The maximum atomic E-state index is 11.6. The lowest BCUT2D eigenvalue weighted by Crippen LogP contribution is -1.89. The van der Waals surface area contributed by atoms with Gasteiger partial charge in [0, 0.05) is 0 Å². The first-order valence-corrected chi connectivity index (χ1v) is 3.24. The normalized spacial score (nSPS) is 13.9. The summed E-state index contributed by atoms with van der Waals surface area (Å²) in [5.74, 6) is 0.162. The van der Waals surface area contributed by atoms with Crippen LogP contribution in [0.3, 0.4) is 0 Å². The summed E-state index contributed by atoms with van der Waals surface area (Å²) in [6, 6.07) is 0. The van der Waals surface area contributed by atoms with Crippen molar-refractivity contribution in [2.24, 2.45) is 5.92 Å². The molecule has 0 aliphatic carbocycles. The van der Waals surface area contributed by atoms with Crippen LogP contribution in [0.15, 0.2) is 0 Å². The molecule has 1 radical (unpaired) electrons. The molecule has 0 amide bonds. The van der Waals surface area contributed by atoms with Crippen LogP contribution >= 0.6 is 0 Å². The molecule has 0 heterocycles. The van der Waals surface area contributed by atoms with Gasteiger partial charge in [0.2, 0.25) is 0 Å². The van der Waals surface area contributed by atoms with Gasteiger partial charge in [0.05, 0.1) is 0 Å². The van der Waals surface area contributed by atoms with E-state index in [1.807, 2.05) is 6.92 Å². The van der Waals surface area contributed by atoms with E-state index in [4.69, 9.17) is 0 Å². The Labute approximate surface area is 51.1 Å². The molecule has 0 aliphatic rings. The van der Waals surface area contributed by atoms with Crippen molar-refractivity contribution in [2.75, 3.05) is 0 Å². The van der Waals surface area contributed by atoms with Gasteiger partial charge in [-0.3, -0.25) is 0 Å². The third-order valence-corrected chi connectivity index (χ3v) is 1.23. The molecule has 0 saturated heterocycles. The summed E-state index contributed by atoms with van der Waals surface area (Å²) >= 11 is 0. The predicted molar refractivity (Wildman–Crippen MR) is 34.1 cm³/mol. The highest BCUT2D eigenvalue weighted by atomic mass is 19.1. The molecule has 0 nitrogen and oxygen atoms in total. The van der Waals surface area contributed by atoms with Crippen molar-refractivity contribution in [3.8, 4) is 0 Å². The van der Waals surface area contributed by atoms with Crippen molar-refractivity contribution in [2.45, 2.75) is 33.1 Å². The van der Waals surface area contributed by atoms with E-state index >= 15 is 0 Å². The van der Waals surface area contributed by atoms with Gasteiger partial charge in [-0.15, -0.1) is 0 Å². The monoisotopic (exact) mass is 117 g/mol. The molecule has 0 saturated carbocycles. The van der Waals surface area contributed by atoms with Crippen LogP contribution in [0, 0.1) is 12.6 Å². The van der Waals surface area contributed by atoms with Crippen molar-refractivity contribution in [1.82, 2.24) is 0 Å². The number of hydrogen-bond donors (Lipinski definition) is 0. The molecule has 0 rings (SSSR count). The molecule has 0 N–H and O–H groups in total. The van der Waals surface area contributed by atoms with Crippen LogP contribution < -0.4 is 0 Å². The Morgan fingerprint density at radius 1 is 1.62 bits per heavy atom. The zero-order chi connectivity index (χ0) is 6.41. The molecule has 0 aromatic heterocycles. The Morgan fingerprint density at radius 3 is 2.62 bits per heavy atom. The summed E-state index contributed by atoms with van der Waals surface area (Å²) in [4.78, 5) is 0. The van der Waals surface area contributed by atoms with Crippen LogP contribution in [0.4, 0.5) is 4.39 Å². The summed E-state index contributed by atoms with van der Waals surface area (Å²) in [6.07, 6.45) is 3.30. The number of unbranched alkanes of at least 4 members (excludes halogenated alkanes) is 1. The largest absolute Gasteiger partial charge is 0.244 e. The first kappa shape index (κ1) is 7.93. The van der Waals surface area contributed by atoms with E-state index in [0.717, 1.165) is 25.9 Å². The van der Waals surface area contributed by atoms with Crippen LogP contribution in [0.1, 0.15) is 33.1 Å². The summed E-state index contributed by atoms with van der Waals surface area (Å²) in [5, 5.41) is 0. The Bertz CT molecular complexity index is 43.7. The minimum absolute atomic E-state index is 0.162. The van der Waals surface area contributed by atoms with Crippen molar-refractivity contribution < 1.29 is 4.39 Å². The lowest BCUT2D eigenvalue weighted by molar-refractivity contribution is 0.443. The highest BCUT2D eigenvalue weighted by Crippen LogP contribution is 2.10. The molecule has 0 aromatic carbocycles. The van der Waals surface area contributed by atoms with Crippen LogP contribution in [0.2, 0.25) is 0 Å². The van der Waals surface area contributed by atoms with Crippen LogP contribution in [0.5, 0.6) is 0 Å². The lowest BCUT2D eigenvalue weighted by atomic mass is 10.1. The van der Waals surface area contributed by atoms with Gasteiger partial charge in [0.15, 0.2) is 0 Å². The van der Waals surface area contributed by atoms with Crippen LogP contribution in [-0.4, -0.2) is 0 Å². The Hall–Kier alpha value is -0.0700. The third kappa shape index (κ3) is 4.10. The van der Waals surface area contributed by atoms with E-state index in [9.17, 15) is 4.39 Å². The van der Waals surface area contributed by atoms with Gasteiger partial charge in [0.25, 0.3) is 0 Å². The fraction of sp³-hybridized carbons (Fsp3) is 0.857. The first-order valence-electron chi connectivity index (χ1n) is 3.24. The topological polar surface area (TPSA) is 0 Å². The summed E-state index contributed by atoms with van der Waals surface area (Å²) in [5.41, 5.74) is 0. The zero-order valence-electron chi connectivity index (χ0n) is 5.65. The number of rotatable bonds is 4. The van der Waals surface area contributed by atoms with Crippen molar-refractivity contribution in [3.05, 3.63) is 6.67 Å². The smallest absolute Gasteiger partial charge is 0.134 e. The number of hydrogen-bond acceptors (Lipinski definition) is 0. The third-order valence-electron chi connectivity index (χ3n) is 1.23. The summed E-state index contributed by atoms with van der Waals surface area (Å²) in [6.45, 7) is 4.79. The van der Waals surface area contributed by atoms with E-state index in [1.165, 1.54) is 0 Å². The summed E-state index contributed by atoms with van der Waals surface area (Å²) in [7, 11) is 0. The molecule has 0 fully saturated rings. The average Bonchev–Trinajstić information content (AvgIpc) is 1.83. The number of halogens is 1. The maximum absolute atomic E-state index is 11.6. The van der Waals surface area contributed by atoms with Crippen molar-refractivity contribution in [1.29, 1.82) is 0 Å². The van der Waals surface area contributed by atoms with Gasteiger partial charge in [-0.2, -0.15) is 0 Å². The van der Waals surface area contributed by atoms with Gasteiger partial charge in [0.1, 0.15) is 6.67 Å². The van der Waals surface area contributed by atoms with E-state index < -0.39 is 0 Å². The highest BCUT2D eigenvalue weighted by molar-refractivity contribution is 4.59.